The Morgan fingerprint density at radius 1 is 1.42 bits per heavy atom. The summed E-state index contributed by atoms with van der Waals surface area (Å²) in [6.07, 6.45) is 1.20. The molecule has 0 saturated carbocycles. The molecule has 0 unspecified atom stereocenters. The Bertz CT molecular complexity index is 317. The quantitative estimate of drug-likeness (QED) is 0.216. The molecule has 5 nitrogen and oxygen atoms in total. The molecule has 0 heterocycles. The van der Waals surface area contributed by atoms with Crippen LogP contribution in [-0.4, -0.2) is 15.9 Å². The average molecular weight is 163 g/mol. The number of nitro groups is 1. The second-order valence-electron chi connectivity index (χ2n) is 2.09. The maximum atomic E-state index is 10.2. The Hall–Kier alpha value is -2.00. The van der Waals surface area contributed by atoms with E-state index in [9.17, 15) is 10.1 Å². The molecule has 0 radical (unpaired) electrons. The van der Waals surface area contributed by atoms with E-state index in [4.69, 9.17) is 5.53 Å². The second kappa shape index (κ2) is 3.41. The molecule has 0 spiro atoms. The lowest BCUT2D eigenvalue weighted by Crippen LogP contribution is -1.88. The molecule has 0 atom stereocenters. The summed E-state index contributed by atoms with van der Waals surface area (Å²) in [5.74, 6) is 0. The van der Waals surface area contributed by atoms with Crippen molar-refractivity contribution in [2.75, 3.05) is 0 Å². The van der Waals surface area contributed by atoms with Gasteiger partial charge < -0.3 is 5.53 Å². The second-order valence-corrected chi connectivity index (χ2v) is 2.09. The molecule has 12 heavy (non-hydrogen) atoms. The van der Waals surface area contributed by atoms with Crippen molar-refractivity contribution in [1.29, 1.82) is 0 Å². The molecule has 0 saturated heterocycles. The van der Waals surface area contributed by atoms with E-state index in [-0.39, 0.29) is 5.69 Å². The molecule has 1 rings (SSSR count). The molecule has 1 aromatic carbocycles. The molecule has 0 aromatic heterocycles. The van der Waals surface area contributed by atoms with Gasteiger partial charge >= 0.3 is 0 Å². The Balaban J connectivity index is 3.00. The van der Waals surface area contributed by atoms with Crippen molar-refractivity contribution in [3.8, 4) is 0 Å². The van der Waals surface area contributed by atoms with E-state index in [0.29, 0.717) is 5.56 Å². The number of nitro benzene ring substituents is 1. The smallest absolute Gasteiger partial charge is 0.287 e. The maximum Gasteiger partial charge on any atom is 0.287 e. The summed E-state index contributed by atoms with van der Waals surface area (Å²) in [5, 5.41) is 10.2. The number of nitrogens with zero attached hydrogens (tertiary/aromatic N) is 3. The third kappa shape index (κ3) is 1.74. The lowest BCUT2D eigenvalue weighted by atomic mass is 10.2. The minimum atomic E-state index is -0.486. The SMILES string of the molecule is [N-]=[N+]=Cc1ccc([N+](=O)[O-])cc1. The van der Waals surface area contributed by atoms with Crippen LogP contribution in [0, 0.1) is 10.1 Å². The molecule has 1 aromatic rings. The van der Waals surface area contributed by atoms with Crippen LogP contribution in [0.5, 0.6) is 0 Å². The number of non-ortho nitro benzene ring substituents is 1. The van der Waals surface area contributed by atoms with Gasteiger partial charge in [-0.25, -0.2) is 0 Å². The van der Waals surface area contributed by atoms with Gasteiger partial charge in [-0.15, -0.1) is 0 Å². The molecular formula is C7H5N3O2. The van der Waals surface area contributed by atoms with Crippen LogP contribution in [0.25, 0.3) is 5.53 Å². The van der Waals surface area contributed by atoms with Crippen molar-refractivity contribution in [2.24, 2.45) is 0 Å². The first-order chi connectivity index (χ1) is 5.74. The lowest BCUT2D eigenvalue weighted by Gasteiger charge is -1.88. The fourth-order valence-corrected chi connectivity index (χ4v) is 0.749. The van der Waals surface area contributed by atoms with E-state index in [2.05, 4.69) is 4.79 Å². The third-order valence-electron chi connectivity index (χ3n) is 1.31. The Morgan fingerprint density at radius 3 is 2.42 bits per heavy atom. The van der Waals surface area contributed by atoms with Gasteiger partial charge in [-0.05, 0) is 12.1 Å². The normalized spacial score (nSPS) is 8.67. The summed E-state index contributed by atoms with van der Waals surface area (Å²) in [7, 11) is 0. The monoisotopic (exact) mass is 163 g/mol. The van der Waals surface area contributed by atoms with Gasteiger partial charge in [-0.2, -0.15) is 4.79 Å². The van der Waals surface area contributed by atoms with Crippen LogP contribution in [0.4, 0.5) is 5.69 Å². The summed E-state index contributed by atoms with van der Waals surface area (Å²) < 4.78 is 0. The van der Waals surface area contributed by atoms with E-state index >= 15 is 0 Å². The summed E-state index contributed by atoms with van der Waals surface area (Å²) in [6.45, 7) is 0. The van der Waals surface area contributed by atoms with E-state index in [1.54, 1.807) is 0 Å². The molecular weight excluding hydrogens is 158 g/mol. The average Bonchev–Trinajstić information content (AvgIpc) is 2.06. The highest BCUT2D eigenvalue weighted by Gasteiger charge is 2.03. The summed E-state index contributed by atoms with van der Waals surface area (Å²) in [5.41, 5.74) is 8.77. The summed E-state index contributed by atoms with van der Waals surface area (Å²) in [4.78, 5) is 12.5. The van der Waals surface area contributed by atoms with E-state index in [1.165, 1.54) is 30.5 Å². The van der Waals surface area contributed by atoms with Crippen molar-refractivity contribution in [1.82, 2.24) is 0 Å². The van der Waals surface area contributed by atoms with Gasteiger partial charge in [0.1, 0.15) is 0 Å². The number of benzene rings is 1. The Morgan fingerprint density at radius 2 is 2.00 bits per heavy atom. The molecule has 0 bridgehead atoms. The molecule has 0 amide bonds. The van der Waals surface area contributed by atoms with Crippen LogP contribution >= 0.6 is 0 Å². The first-order valence-corrected chi connectivity index (χ1v) is 3.16. The van der Waals surface area contributed by atoms with E-state index < -0.39 is 4.92 Å². The highest BCUT2D eigenvalue weighted by Crippen LogP contribution is 2.09. The minimum absolute atomic E-state index is 0.0186. The fourth-order valence-electron chi connectivity index (χ4n) is 0.749. The van der Waals surface area contributed by atoms with Crippen molar-refractivity contribution < 1.29 is 9.71 Å². The zero-order valence-electron chi connectivity index (χ0n) is 6.04. The zero-order valence-corrected chi connectivity index (χ0v) is 6.04. The topological polar surface area (TPSA) is 79.5 Å². The van der Waals surface area contributed by atoms with Crippen molar-refractivity contribution >= 4 is 11.9 Å². The summed E-state index contributed by atoms with van der Waals surface area (Å²) >= 11 is 0. The number of hydrogen-bond donors (Lipinski definition) is 0. The van der Waals surface area contributed by atoms with Crippen LogP contribution < -0.4 is 0 Å². The van der Waals surface area contributed by atoms with Crippen molar-refractivity contribution in [3.05, 3.63) is 45.5 Å². The molecule has 0 aliphatic heterocycles. The van der Waals surface area contributed by atoms with E-state index in [0.717, 1.165) is 0 Å². The van der Waals surface area contributed by atoms with Crippen LogP contribution in [0.1, 0.15) is 5.56 Å². The van der Waals surface area contributed by atoms with Gasteiger partial charge in [0, 0.05) is 12.1 Å². The van der Waals surface area contributed by atoms with Crippen LogP contribution in [0.3, 0.4) is 0 Å². The van der Waals surface area contributed by atoms with Gasteiger partial charge in [0.15, 0.2) is 0 Å². The van der Waals surface area contributed by atoms with Crippen LogP contribution in [0.15, 0.2) is 24.3 Å². The Kier molecular flexibility index (Phi) is 2.30. The van der Waals surface area contributed by atoms with Crippen LogP contribution in [-0.2, 0) is 0 Å². The van der Waals surface area contributed by atoms with Gasteiger partial charge in [0.25, 0.3) is 11.9 Å². The summed E-state index contributed by atoms with van der Waals surface area (Å²) in [6, 6.07) is 5.68. The largest absolute Gasteiger partial charge is 0.361 e. The van der Waals surface area contributed by atoms with Crippen molar-refractivity contribution in [2.45, 2.75) is 0 Å². The fraction of sp³-hybridized carbons (Fsp3) is 0. The molecule has 0 aliphatic carbocycles. The standard InChI is InChI=1S/C7H5N3O2/c8-9-5-6-1-3-7(4-2-6)10(11)12/h1-5H. The van der Waals surface area contributed by atoms with Gasteiger partial charge in [-0.3, -0.25) is 10.1 Å². The lowest BCUT2D eigenvalue weighted by molar-refractivity contribution is -0.384. The number of rotatable bonds is 2. The van der Waals surface area contributed by atoms with Gasteiger partial charge in [0.05, 0.1) is 10.5 Å². The minimum Gasteiger partial charge on any atom is -0.361 e. The zero-order chi connectivity index (χ0) is 8.97. The van der Waals surface area contributed by atoms with Crippen molar-refractivity contribution in [3.63, 3.8) is 0 Å². The third-order valence-corrected chi connectivity index (χ3v) is 1.31. The van der Waals surface area contributed by atoms with Gasteiger partial charge in [0.2, 0.25) is 0 Å². The van der Waals surface area contributed by atoms with Crippen LogP contribution in [0.2, 0.25) is 0 Å². The van der Waals surface area contributed by atoms with E-state index in [1.807, 2.05) is 0 Å². The first kappa shape index (κ1) is 8.10. The Labute approximate surface area is 68.0 Å². The predicted molar refractivity (Wildman–Crippen MR) is 41.9 cm³/mol. The molecule has 5 heteroatoms. The van der Waals surface area contributed by atoms with Gasteiger partial charge in [-0.1, -0.05) is 0 Å². The highest BCUT2D eigenvalue weighted by molar-refractivity contribution is 5.75. The maximum absolute atomic E-state index is 10.2. The molecule has 60 valence electrons. The molecule has 0 N–H and O–H groups in total. The predicted octanol–water partition coefficient (Wildman–Crippen LogP) is 1.24. The first-order valence-electron chi connectivity index (χ1n) is 3.16. The highest BCUT2D eigenvalue weighted by atomic mass is 16.6. The molecule has 0 aliphatic rings. The molecule has 0 fully saturated rings. The number of hydrogen-bond acceptors (Lipinski definition) is 2.